The van der Waals surface area contributed by atoms with Gasteiger partial charge in [0.2, 0.25) is 0 Å². The molecule has 1 aromatic rings. The summed E-state index contributed by atoms with van der Waals surface area (Å²) in [6.07, 6.45) is 2.06. The summed E-state index contributed by atoms with van der Waals surface area (Å²) in [5.41, 5.74) is 3.22. The lowest BCUT2D eigenvalue weighted by molar-refractivity contribution is 0.112. The Morgan fingerprint density at radius 3 is 2.57 bits per heavy atom. The highest BCUT2D eigenvalue weighted by Crippen LogP contribution is 2.23. The number of aromatic nitrogens is 1. The summed E-state index contributed by atoms with van der Waals surface area (Å²) in [5.74, 6) is 0.530. The maximum absolute atomic E-state index is 10.8. The van der Waals surface area contributed by atoms with Crippen LogP contribution in [0.3, 0.4) is 0 Å². The first-order valence-corrected chi connectivity index (χ1v) is 5.30. The smallest absolute Gasteiger partial charge is 0.151 e. The molecule has 14 heavy (non-hydrogen) atoms. The van der Waals surface area contributed by atoms with Gasteiger partial charge in [0.15, 0.2) is 6.29 Å². The molecule has 0 aliphatic carbocycles. The molecule has 0 spiro atoms. The van der Waals surface area contributed by atoms with Gasteiger partial charge in [-0.3, -0.25) is 4.79 Å². The molecule has 0 saturated carbocycles. The topological polar surface area (TPSA) is 22.0 Å². The third kappa shape index (κ3) is 1.74. The lowest BCUT2D eigenvalue weighted by atomic mass is 10.0. The van der Waals surface area contributed by atoms with Crippen LogP contribution in [0, 0.1) is 6.92 Å². The molecule has 1 aromatic heterocycles. The van der Waals surface area contributed by atoms with Crippen LogP contribution in [0.1, 0.15) is 54.9 Å². The molecule has 0 amide bonds. The number of nitrogens with zero attached hydrogens (tertiary/aromatic N) is 1. The van der Waals surface area contributed by atoms with Crippen LogP contribution in [0.4, 0.5) is 0 Å². The Kier molecular flexibility index (Phi) is 3.50. The van der Waals surface area contributed by atoms with Gasteiger partial charge < -0.3 is 4.57 Å². The van der Waals surface area contributed by atoms with E-state index >= 15 is 0 Å². The second-order valence-corrected chi connectivity index (χ2v) is 3.78. The second kappa shape index (κ2) is 4.45. The number of hydrogen-bond donors (Lipinski definition) is 0. The van der Waals surface area contributed by atoms with E-state index in [0.717, 1.165) is 30.5 Å². The molecule has 0 aliphatic rings. The molecule has 2 heteroatoms. The molecule has 1 atom stereocenters. The Bertz CT molecular complexity index is 325. The second-order valence-electron chi connectivity index (χ2n) is 3.78. The van der Waals surface area contributed by atoms with Crippen molar-refractivity contribution in [1.82, 2.24) is 4.57 Å². The highest BCUT2D eigenvalue weighted by Gasteiger charge is 2.13. The summed E-state index contributed by atoms with van der Waals surface area (Å²) in [6.45, 7) is 9.45. The first kappa shape index (κ1) is 11.0. The molecule has 0 N–H and O–H groups in total. The Labute approximate surface area is 85.9 Å². The van der Waals surface area contributed by atoms with Crippen LogP contribution >= 0.6 is 0 Å². The molecular formula is C12H19NO. The lowest BCUT2D eigenvalue weighted by Gasteiger charge is -2.13. The van der Waals surface area contributed by atoms with Crippen LogP contribution in [0.15, 0.2) is 6.07 Å². The van der Waals surface area contributed by atoms with Crippen molar-refractivity contribution in [2.45, 2.75) is 46.6 Å². The van der Waals surface area contributed by atoms with Gasteiger partial charge in [-0.05, 0) is 32.3 Å². The van der Waals surface area contributed by atoms with E-state index in [-0.39, 0.29) is 0 Å². The highest BCUT2D eigenvalue weighted by atomic mass is 16.1. The van der Waals surface area contributed by atoms with Crippen molar-refractivity contribution >= 4 is 6.29 Å². The number of carbonyl (C=O) groups is 1. The number of carbonyl (C=O) groups excluding carboxylic acids is 1. The molecule has 0 saturated heterocycles. The largest absolute Gasteiger partial charge is 0.348 e. The van der Waals surface area contributed by atoms with Gasteiger partial charge in [-0.15, -0.1) is 0 Å². The van der Waals surface area contributed by atoms with E-state index in [1.807, 2.05) is 13.0 Å². The Morgan fingerprint density at radius 2 is 2.14 bits per heavy atom. The van der Waals surface area contributed by atoms with Crippen LogP contribution in [0.2, 0.25) is 0 Å². The van der Waals surface area contributed by atoms with Gasteiger partial charge in [0.1, 0.15) is 0 Å². The monoisotopic (exact) mass is 193 g/mol. The number of aldehydes is 1. The summed E-state index contributed by atoms with van der Waals surface area (Å²) in [4.78, 5) is 10.8. The molecule has 1 heterocycles. The van der Waals surface area contributed by atoms with Gasteiger partial charge in [-0.1, -0.05) is 13.8 Å². The van der Waals surface area contributed by atoms with Crippen LogP contribution in [0.5, 0.6) is 0 Å². The lowest BCUT2D eigenvalue weighted by Crippen LogP contribution is -2.05. The maximum atomic E-state index is 10.8. The van der Waals surface area contributed by atoms with Crippen LogP contribution < -0.4 is 0 Å². The predicted molar refractivity (Wildman–Crippen MR) is 58.9 cm³/mol. The Morgan fingerprint density at radius 1 is 1.50 bits per heavy atom. The zero-order valence-corrected chi connectivity index (χ0v) is 9.50. The standard InChI is InChI=1S/C12H19NO/c1-5-9(3)12-7-11(8-14)10(4)13(12)6-2/h7-9H,5-6H2,1-4H3. The van der Waals surface area contributed by atoms with Crippen molar-refractivity contribution in [2.75, 3.05) is 0 Å². The van der Waals surface area contributed by atoms with Gasteiger partial charge in [0.25, 0.3) is 0 Å². The number of hydrogen-bond acceptors (Lipinski definition) is 1. The van der Waals surface area contributed by atoms with E-state index in [4.69, 9.17) is 0 Å². The van der Waals surface area contributed by atoms with Gasteiger partial charge in [0.05, 0.1) is 0 Å². The minimum atomic E-state index is 0.530. The van der Waals surface area contributed by atoms with Crippen LogP contribution in [-0.2, 0) is 6.54 Å². The van der Waals surface area contributed by atoms with Crippen molar-refractivity contribution in [3.8, 4) is 0 Å². The van der Waals surface area contributed by atoms with Crippen molar-refractivity contribution < 1.29 is 4.79 Å². The van der Waals surface area contributed by atoms with Gasteiger partial charge in [-0.25, -0.2) is 0 Å². The molecule has 1 rings (SSSR count). The van der Waals surface area contributed by atoms with Gasteiger partial charge >= 0.3 is 0 Å². The highest BCUT2D eigenvalue weighted by molar-refractivity contribution is 5.77. The molecule has 0 aliphatic heterocycles. The number of rotatable bonds is 4. The summed E-state index contributed by atoms with van der Waals surface area (Å²) in [7, 11) is 0. The quantitative estimate of drug-likeness (QED) is 0.673. The average Bonchev–Trinajstić information content (AvgIpc) is 2.53. The third-order valence-corrected chi connectivity index (χ3v) is 3.00. The molecule has 78 valence electrons. The summed E-state index contributed by atoms with van der Waals surface area (Å²) in [6, 6.07) is 2.03. The fourth-order valence-corrected chi connectivity index (χ4v) is 1.85. The zero-order valence-electron chi connectivity index (χ0n) is 9.50. The molecule has 1 unspecified atom stereocenters. The molecule has 0 aromatic carbocycles. The van der Waals surface area contributed by atoms with E-state index in [1.165, 1.54) is 5.69 Å². The Hall–Kier alpha value is -1.05. The van der Waals surface area contributed by atoms with Gasteiger partial charge in [-0.2, -0.15) is 0 Å². The fraction of sp³-hybridized carbons (Fsp3) is 0.583. The van der Waals surface area contributed by atoms with E-state index in [9.17, 15) is 4.79 Å². The zero-order chi connectivity index (χ0) is 10.7. The van der Waals surface area contributed by atoms with E-state index in [2.05, 4.69) is 25.3 Å². The van der Waals surface area contributed by atoms with Crippen molar-refractivity contribution in [3.05, 3.63) is 23.0 Å². The normalized spacial score (nSPS) is 12.9. The molecule has 0 fully saturated rings. The fourth-order valence-electron chi connectivity index (χ4n) is 1.85. The SMILES string of the molecule is CCC(C)c1cc(C=O)c(C)n1CC. The van der Waals surface area contributed by atoms with Crippen molar-refractivity contribution in [3.63, 3.8) is 0 Å². The first-order chi connectivity index (χ1) is 6.65. The summed E-state index contributed by atoms with van der Waals surface area (Å²) < 4.78 is 2.23. The molecule has 0 radical (unpaired) electrons. The van der Waals surface area contributed by atoms with E-state index in [0.29, 0.717) is 5.92 Å². The average molecular weight is 193 g/mol. The van der Waals surface area contributed by atoms with E-state index in [1.54, 1.807) is 0 Å². The van der Waals surface area contributed by atoms with Crippen LogP contribution in [0.25, 0.3) is 0 Å². The Balaban J connectivity index is 3.21. The summed E-state index contributed by atoms with van der Waals surface area (Å²) in [5, 5.41) is 0. The summed E-state index contributed by atoms with van der Waals surface area (Å²) >= 11 is 0. The van der Waals surface area contributed by atoms with Crippen molar-refractivity contribution in [2.24, 2.45) is 0 Å². The van der Waals surface area contributed by atoms with E-state index < -0.39 is 0 Å². The third-order valence-electron chi connectivity index (χ3n) is 3.00. The first-order valence-electron chi connectivity index (χ1n) is 5.30. The van der Waals surface area contributed by atoms with Gasteiger partial charge in [0, 0.05) is 23.5 Å². The molecular weight excluding hydrogens is 174 g/mol. The molecule has 0 bridgehead atoms. The minimum absolute atomic E-state index is 0.530. The molecule has 2 nitrogen and oxygen atoms in total. The maximum Gasteiger partial charge on any atom is 0.151 e. The van der Waals surface area contributed by atoms with Crippen LogP contribution in [-0.4, -0.2) is 10.9 Å². The minimum Gasteiger partial charge on any atom is -0.348 e. The van der Waals surface area contributed by atoms with Crippen molar-refractivity contribution in [1.29, 1.82) is 0 Å². The predicted octanol–water partition coefficient (Wildman–Crippen LogP) is 3.14.